The Morgan fingerprint density at radius 3 is 2.79 bits per heavy atom. The van der Waals surface area contributed by atoms with Crippen LogP contribution >= 0.6 is 0 Å². The Labute approximate surface area is 114 Å². The molecule has 2 aliphatic rings. The van der Waals surface area contributed by atoms with E-state index < -0.39 is 0 Å². The second kappa shape index (κ2) is 5.33. The van der Waals surface area contributed by atoms with E-state index in [9.17, 15) is 4.79 Å². The van der Waals surface area contributed by atoms with E-state index in [0.717, 1.165) is 32.1 Å². The molecule has 1 fully saturated rings. The lowest BCUT2D eigenvalue weighted by molar-refractivity contribution is -0.134. The topological polar surface area (TPSA) is 40.5 Å². The number of aliphatic hydroxyl groups is 1. The van der Waals surface area contributed by atoms with Crippen molar-refractivity contribution >= 4 is 5.91 Å². The van der Waals surface area contributed by atoms with E-state index in [1.807, 2.05) is 11.0 Å². The maximum atomic E-state index is 12.7. The van der Waals surface area contributed by atoms with Crippen molar-refractivity contribution in [3.05, 3.63) is 35.4 Å². The molecule has 1 unspecified atom stereocenters. The van der Waals surface area contributed by atoms with Crippen LogP contribution in [0.25, 0.3) is 0 Å². The summed E-state index contributed by atoms with van der Waals surface area (Å²) in [7, 11) is 0. The fraction of sp³-hybridized carbons (Fsp3) is 0.562. The fourth-order valence-electron chi connectivity index (χ4n) is 3.18. The molecule has 2 aliphatic carbocycles. The Morgan fingerprint density at radius 1 is 1.26 bits per heavy atom. The van der Waals surface area contributed by atoms with Gasteiger partial charge in [-0.2, -0.15) is 0 Å². The molecule has 0 saturated heterocycles. The van der Waals surface area contributed by atoms with Crippen LogP contribution in [0.4, 0.5) is 0 Å². The van der Waals surface area contributed by atoms with Crippen LogP contribution in [0.3, 0.4) is 0 Å². The van der Waals surface area contributed by atoms with E-state index in [4.69, 9.17) is 5.11 Å². The molecule has 0 aliphatic heterocycles. The molecule has 1 atom stereocenters. The second-order valence-electron chi connectivity index (χ2n) is 5.63. The lowest BCUT2D eigenvalue weighted by atomic mass is 9.82. The fourth-order valence-corrected chi connectivity index (χ4v) is 3.18. The molecular formula is C16H21NO2. The smallest absolute Gasteiger partial charge is 0.230 e. The van der Waals surface area contributed by atoms with Gasteiger partial charge < -0.3 is 10.0 Å². The molecule has 3 rings (SSSR count). The van der Waals surface area contributed by atoms with Gasteiger partial charge in [0.2, 0.25) is 5.91 Å². The van der Waals surface area contributed by atoms with Crippen molar-refractivity contribution in [2.45, 2.75) is 44.1 Å². The molecule has 0 aromatic heterocycles. The number of aryl methyl sites for hydroxylation is 1. The Hall–Kier alpha value is -1.35. The molecule has 0 bridgehead atoms. The van der Waals surface area contributed by atoms with Crippen molar-refractivity contribution in [3.63, 3.8) is 0 Å². The zero-order valence-corrected chi connectivity index (χ0v) is 11.2. The van der Waals surface area contributed by atoms with Gasteiger partial charge >= 0.3 is 0 Å². The van der Waals surface area contributed by atoms with E-state index >= 15 is 0 Å². The van der Waals surface area contributed by atoms with Gasteiger partial charge in [-0.25, -0.2) is 0 Å². The third-order valence-electron chi connectivity index (χ3n) is 4.28. The monoisotopic (exact) mass is 259 g/mol. The second-order valence-corrected chi connectivity index (χ2v) is 5.63. The highest BCUT2D eigenvalue weighted by atomic mass is 16.3. The largest absolute Gasteiger partial charge is 0.395 e. The summed E-state index contributed by atoms with van der Waals surface area (Å²) in [6.45, 7) is 0.554. The van der Waals surface area contributed by atoms with E-state index in [2.05, 4.69) is 18.2 Å². The zero-order chi connectivity index (χ0) is 13.2. The molecule has 0 radical (unpaired) electrons. The first-order chi connectivity index (χ1) is 9.31. The number of fused-ring (bicyclic) bond motifs is 1. The van der Waals surface area contributed by atoms with Gasteiger partial charge in [-0.15, -0.1) is 0 Å². The normalized spacial score (nSPS) is 21.8. The number of nitrogens with zero attached hydrogens (tertiary/aromatic N) is 1. The van der Waals surface area contributed by atoms with E-state index in [-0.39, 0.29) is 18.4 Å². The minimum atomic E-state index is 0.0112. The van der Waals surface area contributed by atoms with Gasteiger partial charge in [0.1, 0.15) is 0 Å². The molecule has 3 nitrogen and oxygen atoms in total. The van der Waals surface area contributed by atoms with Crippen LogP contribution in [0.15, 0.2) is 24.3 Å². The van der Waals surface area contributed by atoms with Crippen LogP contribution in [0.2, 0.25) is 0 Å². The van der Waals surface area contributed by atoms with Gasteiger partial charge in [-0.05, 0) is 43.2 Å². The molecule has 3 heteroatoms. The third kappa shape index (κ3) is 2.52. The van der Waals surface area contributed by atoms with Gasteiger partial charge in [0.15, 0.2) is 0 Å². The van der Waals surface area contributed by atoms with Crippen LogP contribution < -0.4 is 0 Å². The van der Waals surface area contributed by atoms with Crippen LogP contribution in [0, 0.1) is 0 Å². The molecular weight excluding hydrogens is 238 g/mol. The number of carbonyl (C=O) groups excluding carboxylic acids is 1. The van der Waals surface area contributed by atoms with Gasteiger partial charge in [0.25, 0.3) is 0 Å². The average Bonchev–Trinajstić information content (AvgIpc) is 3.28. The van der Waals surface area contributed by atoms with Crippen molar-refractivity contribution in [3.8, 4) is 0 Å². The first-order valence-electron chi connectivity index (χ1n) is 7.30. The highest BCUT2D eigenvalue weighted by Gasteiger charge is 2.37. The predicted octanol–water partition coefficient (Wildman–Crippen LogP) is 2.09. The van der Waals surface area contributed by atoms with Crippen LogP contribution in [0.1, 0.15) is 42.7 Å². The quantitative estimate of drug-likeness (QED) is 0.899. The maximum Gasteiger partial charge on any atom is 0.230 e. The number of amides is 1. The van der Waals surface area contributed by atoms with Crippen LogP contribution in [-0.4, -0.2) is 35.1 Å². The van der Waals surface area contributed by atoms with E-state index in [1.165, 1.54) is 11.1 Å². The molecule has 19 heavy (non-hydrogen) atoms. The summed E-state index contributed by atoms with van der Waals surface area (Å²) >= 11 is 0. The maximum absolute atomic E-state index is 12.7. The lowest BCUT2D eigenvalue weighted by Gasteiger charge is -2.30. The summed E-state index contributed by atoms with van der Waals surface area (Å²) in [6.07, 6.45) is 5.32. The van der Waals surface area contributed by atoms with E-state index in [1.54, 1.807) is 0 Å². The Balaban J connectivity index is 1.83. The number of hydrogen-bond acceptors (Lipinski definition) is 2. The molecule has 1 N–H and O–H groups in total. The van der Waals surface area contributed by atoms with Crippen molar-refractivity contribution < 1.29 is 9.90 Å². The number of carbonyl (C=O) groups is 1. The summed E-state index contributed by atoms with van der Waals surface area (Å²) in [5.74, 6) is 0.237. The summed E-state index contributed by atoms with van der Waals surface area (Å²) < 4.78 is 0. The summed E-state index contributed by atoms with van der Waals surface area (Å²) in [5, 5.41) is 9.16. The summed E-state index contributed by atoms with van der Waals surface area (Å²) in [5.41, 5.74) is 2.54. The van der Waals surface area contributed by atoms with Gasteiger partial charge in [-0.1, -0.05) is 24.3 Å². The van der Waals surface area contributed by atoms with Crippen LogP contribution in [-0.2, 0) is 11.2 Å². The minimum absolute atomic E-state index is 0.0112. The average molecular weight is 259 g/mol. The van der Waals surface area contributed by atoms with Gasteiger partial charge in [-0.3, -0.25) is 4.79 Å². The summed E-state index contributed by atoms with van der Waals surface area (Å²) in [4.78, 5) is 14.7. The summed E-state index contributed by atoms with van der Waals surface area (Å²) in [6, 6.07) is 8.70. The molecule has 0 heterocycles. The van der Waals surface area contributed by atoms with E-state index in [0.29, 0.717) is 12.6 Å². The van der Waals surface area contributed by atoms with Gasteiger partial charge in [0, 0.05) is 12.6 Å². The molecule has 1 saturated carbocycles. The lowest BCUT2D eigenvalue weighted by Crippen LogP contribution is -2.39. The van der Waals surface area contributed by atoms with Crippen LogP contribution in [0.5, 0.6) is 0 Å². The number of benzene rings is 1. The molecule has 0 spiro atoms. The first-order valence-corrected chi connectivity index (χ1v) is 7.30. The number of hydrogen-bond donors (Lipinski definition) is 1. The standard InChI is InChI=1S/C16H21NO2/c18-11-10-17(13-8-9-13)16(19)15-7-3-5-12-4-1-2-6-14(12)15/h1-2,4,6,13,15,18H,3,5,7-11H2. The third-order valence-corrected chi connectivity index (χ3v) is 4.28. The van der Waals surface area contributed by atoms with Crippen molar-refractivity contribution in [1.29, 1.82) is 0 Å². The molecule has 1 aromatic carbocycles. The Bertz CT molecular complexity index is 468. The number of rotatable bonds is 4. The highest BCUT2D eigenvalue weighted by molar-refractivity contribution is 5.85. The van der Waals surface area contributed by atoms with Crippen molar-refractivity contribution in [1.82, 2.24) is 4.90 Å². The van der Waals surface area contributed by atoms with Gasteiger partial charge in [0.05, 0.1) is 12.5 Å². The number of aliphatic hydroxyl groups excluding tert-OH is 1. The molecule has 1 aromatic rings. The highest BCUT2D eigenvalue weighted by Crippen LogP contribution is 2.36. The Morgan fingerprint density at radius 2 is 2.05 bits per heavy atom. The Kier molecular flexibility index (Phi) is 3.56. The van der Waals surface area contributed by atoms with Crippen molar-refractivity contribution in [2.24, 2.45) is 0 Å². The molecule has 1 amide bonds. The minimum Gasteiger partial charge on any atom is -0.395 e. The van der Waals surface area contributed by atoms with Crippen molar-refractivity contribution in [2.75, 3.05) is 13.2 Å². The SMILES string of the molecule is O=C(C1CCCc2ccccc21)N(CCO)C1CC1. The zero-order valence-electron chi connectivity index (χ0n) is 11.2. The molecule has 102 valence electrons. The predicted molar refractivity (Wildman–Crippen MR) is 73.9 cm³/mol. The first kappa shape index (κ1) is 12.7.